The lowest BCUT2D eigenvalue weighted by Crippen LogP contribution is -2.40. The molecule has 1 aliphatic rings. The number of carbonyl (C=O) groups excluding carboxylic acids is 2. The fraction of sp³-hybridized carbons (Fsp3) is 0.263. The van der Waals surface area contributed by atoms with Crippen molar-refractivity contribution in [1.29, 1.82) is 0 Å². The normalized spacial score (nSPS) is 12.8. The number of esters is 1. The van der Waals surface area contributed by atoms with Crippen LogP contribution in [0.4, 0.5) is 16.2 Å². The minimum absolute atomic E-state index is 0.267. The van der Waals surface area contributed by atoms with Crippen LogP contribution in [0.5, 0.6) is 5.75 Å². The Morgan fingerprint density at radius 2 is 2.08 bits per heavy atom. The molecule has 3 rings (SSSR count). The summed E-state index contributed by atoms with van der Waals surface area (Å²) in [6.45, 7) is 4.92. The van der Waals surface area contributed by atoms with Crippen LogP contribution >= 0.6 is 0 Å². The molecule has 0 saturated carbocycles. The van der Waals surface area contributed by atoms with E-state index >= 15 is 0 Å². The maximum absolute atomic E-state index is 12.7. The van der Waals surface area contributed by atoms with Gasteiger partial charge in [-0.05, 0) is 49.7 Å². The molecular weight excluding hydrogens is 320 g/mol. The number of urea groups is 1. The molecule has 0 saturated heterocycles. The average molecular weight is 340 g/mol. The minimum atomic E-state index is -0.411. The van der Waals surface area contributed by atoms with Crippen LogP contribution in [0.3, 0.4) is 0 Å². The number of fused-ring (bicyclic) bond motifs is 1. The van der Waals surface area contributed by atoms with Gasteiger partial charge in [0.05, 0.1) is 24.4 Å². The zero-order valence-electron chi connectivity index (χ0n) is 14.2. The molecule has 0 spiro atoms. The van der Waals surface area contributed by atoms with Crippen LogP contribution in [0.2, 0.25) is 0 Å². The molecule has 25 heavy (non-hydrogen) atoms. The van der Waals surface area contributed by atoms with E-state index in [1.807, 2.05) is 25.1 Å². The van der Waals surface area contributed by atoms with Gasteiger partial charge in [0.1, 0.15) is 12.4 Å². The highest BCUT2D eigenvalue weighted by atomic mass is 16.5. The van der Waals surface area contributed by atoms with Crippen molar-refractivity contribution in [2.45, 2.75) is 13.8 Å². The average Bonchev–Trinajstić information content (AvgIpc) is 2.61. The van der Waals surface area contributed by atoms with Crippen LogP contribution in [0.25, 0.3) is 0 Å². The number of carbonyl (C=O) groups is 2. The number of hydrogen-bond acceptors (Lipinski definition) is 4. The van der Waals surface area contributed by atoms with Gasteiger partial charge in [-0.1, -0.05) is 12.1 Å². The van der Waals surface area contributed by atoms with E-state index in [0.717, 1.165) is 11.3 Å². The lowest BCUT2D eigenvalue weighted by molar-refractivity contribution is 0.0526. The fourth-order valence-electron chi connectivity index (χ4n) is 2.67. The van der Waals surface area contributed by atoms with Crippen LogP contribution in [-0.2, 0) is 4.74 Å². The van der Waals surface area contributed by atoms with Crippen molar-refractivity contribution in [1.82, 2.24) is 0 Å². The number of anilines is 2. The molecule has 0 aliphatic carbocycles. The van der Waals surface area contributed by atoms with E-state index in [-0.39, 0.29) is 6.03 Å². The summed E-state index contributed by atoms with van der Waals surface area (Å²) in [6.07, 6.45) is 0. The molecule has 6 heteroatoms. The number of benzene rings is 2. The lowest BCUT2D eigenvalue weighted by atomic mass is 10.1. The van der Waals surface area contributed by atoms with Gasteiger partial charge in [0.2, 0.25) is 0 Å². The molecule has 6 nitrogen and oxygen atoms in total. The van der Waals surface area contributed by atoms with Crippen molar-refractivity contribution in [2.24, 2.45) is 0 Å². The van der Waals surface area contributed by atoms with E-state index in [4.69, 9.17) is 9.47 Å². The van der Waals surface area contributed by atoms with Gasteiger partial charge in [0.25, 0.3) is 0 Å². The van der Waals surface area contributed by atoms with Crippen molar-refractivity contribution < 1.29 is 19.1 Å². The first kappa shape index (κ1) is 16.8. The third-order valence-electron chi connectivity index (χ3n) is 3.85. The fourth-order valence-corrected chi connectivity index (χ4v) is 2.67. The standard InChI is InChI=1S/C19H20N2O4/c1-3-24-18(22)14-5-4-6-15(12-14)20-19(23)21-9-10-25-17-8-7-13(2)11-16(17)21/h4-8,11-12H,3,9-10H2,1-2H3,(H,20,23). The Kier molecular flexibility index (Phi) is 4.88. The Hall–Kier alpha value is -3.02. The lowest BCUT2D eigenvalue weighted by Gasteiger charge is -2.30. The summed E-state index contributed by atoms with van der Waals surface area (Å²) in [5.74, 6) is 0.276. The molecule has 2 aromatic rings. The topological polar surface area (TPSA) is 67.9 Å². The Bertz CT molecular complexity index is 804. The second-order valence-corrected chi connectivity index (χ2v) is 5.70. The molecular formula is C19H20N2O4. The van der Waals surface area contributed by atoms with Crippen LogP contribution in [-0.4, -0.2) is 31.8 Å². The Labute approximate surface area is 146 Å². The number of amides is 2. The van der Waals surface area contributed by atoms with E-state index in [9.17, 15) is 9.59 Å². The number of nitrogens with one attached hydrogen (secondary N) is 1. The number of ether oxygens (including phenoxy) is 2. The summed E-state index contributed by atoms with van der Waals surface area (Å²) >= 11 is 0. The molecule has 0 aromatic heterocycles. The van der Waals surface area contributed by atoms with E-state index in [2.05, 4.69) is 5.32 Å². The first-order valence-electron chi connectivity index (χ1n) is 8.17. The second-order valence-electron chi connectivity index (χ2n) is 5.70. The number of hydrogen-bond donors (Lipinski definition) is 1. The molecule has 0 atom stereocenters. The van der Waals surface area contributed by atoms with Gasteiger partial charge < -0.3 is 14.8 Å². The van der Waals surface area contributed by atoms with Gasteiger partial charge in [-0.25, -0.2) is 9.59 Å². The molecule has 0 radical (unpaired) electrons. The molecule has 130 valence electrons. The molecule has 2 aromatic carbocycles. The maximum atomic E-state index is 12.7. The second kappa shape index (κ2) is 7.25. The van der Waals surface area contributed by atoms with E-state index < -0.39 is 5.97 Å². The summed E-state index contributed by atoms with van der Waals surface area (Å²) in [7, 11) is 0. The summed E-state index contributed by atoms with van der Waals surface area (Å²) < 4.78 is 10.6. The minimum Gasteiger partial charge on any atom is -0.490 e. The Balaban J connectivity index is 1.79. The Morgan fingerprint density at radius 3 is 2.88 bits per heavy atom. The SMILES string of the molecule is CCOC(=O)c1cccc(NC(=O)N2CCOc3ccc(C)cc32)c1. The smallest absolute Gasteiger partial charge is 0.338 e. The van der Waals surface area contributed by atoms with Crippen molar-refractivity contribution >= 4 is 23.4 Å². The number of rotatable bonds is 3. The summed E-state index contributed by atoms with van der Waals surface area (Å²) in [5.41, 5.74) is 2.73. The van der Waals surface area contributed by atoms with Gasteiger partial charge in [0, 0.05) is 5.69 Å². The summed E-state index contributed by atoms with van der Waals surface area (Å²) in [5, 5.41) is 2.83. The first-order valence-corrected chi connectivity index (χ1v) is 8.17. The van der Waals surface area contributed by atoms with Gasteiger partial charge in [0.15, 0.2) is 0 Å². The molecule has 1 heterocycles. The van der Waals surface area contributed by atoms with Crippen molar-refractivity contribution in [3.63, 3.8) is 0 Å². The third-order valence-corrected chi connectivity index (χ3v) is 3.85. The van der Waals surface area contributed by atoms with Crippen LogP contribution in [0, 0.1) is 6.92 Å². The third kappa shape index (κ3) is 3.74. The molecule has 0 bridgehead atoms. The predicted molar refractivity (Wildman–Crippen MR) is 95.4 cm³/mol. The monoisotopic (exact) mass is 340 g/mol. The van der Waals surface area contributed by atoms with Crippen molar-refractivity contribution in [3.8, 4) is 5.75 Å². The summed E-state index contributed by atoms with van der Waals surface area (Å²) in [4.78, 5) is 26.2. The predicted octanol–water partition coefficient (Wildman–Crippen LogP) is 3.60. The maximum Gasteiger partial charge on any atom is 0.338 e. The van der Waals surface area contributed by atoms with Crippen molar-refractivity contribution in [2.75, 3.05) is 30.0 Å². The first-order chi connectivity index (χ1) is 12.1. The highest BCUT2D eigenvalue weighted by Crippen LogP contribution is 2.32. The molecule has 0 unspecified atom stereocenters. The van der Waals surface area contributed by atoms with Crippen LogP contribution in [0.15, 0.2) is 42.5 Å². The van der Waals surface area contributed by atoms with Crippen LogP contribution in [0.1, 0.15) is 22.8 Å². The van der Waals surface area contributed by atoms with Crippen LogP contribution < -0.4 is 15.0 Å². The molecule has 1 N–H and O–H groups in total. The molecule has 2 amide bonds. The van der Waals surface area contributed by atoms with E-state index in [1.165, 1.54) is 0 Å². The largest absolute Gasteiger partial charge is 0.490 e. The summed E-state index contributed by atoms with van der Waals surface area (Å²) in [6, 6.07) is 12.2. The zero-order valence-corrected chi connectivity index (χ0v) is 14.2. The van der Waals surface area contributed by atoms with Gasteiger partial charge in [-0.2, -0.15) is 0 Å². The zero-order chi connectivity index (χ0) is 17.8. The molecule has 1 aliphatic heterocycles. The quantitative estimate of drug-likeness (QED) is 0.867. The highest BCUT2D eigenvalue weighted by Gasteiger charge is 2.24. The Morgan fingerprint density at radius 1 is 1.24 bits per heavy atom. The van der Waals surface area contributed by atoms with Gasteiger partial charge in [-0.15, -0.1) is 0 Å². The van der Waals surface area contributed by atoms with Gasteiger partial charge >= 0.3 is 12.0 Å². The van der Waals surface area contributed by atoms with E-state index in [1.54, 1.807) is 36.1 Å². The van der Waals surface area contributed by atoms with E-state index in [0.29, 0.717) is 36.8 Å². The number of aryl methyl sites for hydroxylation is 1. The van der Waals surface area contributed by atoms with Crippen molar-refractivity contribution in [3.05, 3.63) is 53.6 Å². The van der Waals surface area contributed by atoms with Gasteiger partial charge in [-0.3, -0.25) is 4.90 Å². The highest BCUT2D eigenvalue weighted by molar-refractivity contribution is 6.03. The molecule has 0 fully saturated rings. The number of nitrogens with zero attached hydrogens (tertiary/aromatic N) is 1.